The molecule has 0 spiro atoms. The molecule has 0 aliphatic heterocycles. The third-order valence-electron chi connectivity index (χ3n) is 6.20. The molecule has 0 saturated heterocycles. The summed E-state index contributed by atoms with van der Waals surface area (Å²) in [5.74, 6) is -1.34. The van der Waals surface area contributed by atoms with Crippen molar-refractivity contribution in [1.29, 1.82) is 0 Å². The fraction of sp³-hybridized carbons (Fsp3) is 0.440. The number of carbonyl (C=O) groups is 2. The summed E-state index contributed by atoms with van der Waals surface area (Å²) in [4.78, 5) is 28.0. The third kappa shape index (κ3) is 6.79. The smallest absolute Gasteiger partial charge is 0.304 e. The third-order valence-corrected chi connectivity index (χ3v) is 8.02. The van der Waals surface area contributed by atoms with Gasteiger partial charge in [0.15, 0.2) is 0 Å². The van der Waals surface area contributed by atoms with E-state index in [2.05, 4.69) is 5.32 Å². The van der Waals surface area contributed by atoms with E-state index >= 15 is 0 Å². The Balaban J connectivity index is 1.90. The average molecular weight is 505 g/mol. The van der Waals surface area contributed by atoms with Crippen molar-refractivity contribution in [2.45, 2.75) is 51.2 Å². The van der Waals surface area contributed by atoms with Crippen LogP contribution in [0, 0.1) is 5.82 Å². The lowest BCUT2D eigenvalue weighted by molar-refractivity contribution is -0.139. The van der Waals surface area contributed by atoms with E-state index in [1.54, 1.807) is 6.92 Å². The number of amides is 2. The van der Waals surface area contributed by atoms with E-state index in [1.165, 1.54) is 31.1 Å². The molecule has 1 atom stereocenters. The zero-order valence-electron chi connectivity index (χ0n) is 20.4. The number of halogens is 1. The molecule has 0 radical (unpaired) electrons. The van der Waals surface area contributed by atoms with E-state index in [9.17, 15) is 22.4 Å². The second kappa shape index (κ2) is 11.6. The van der Waals surface area contributed by atoms with Crippen LogP contribution in [0.4, 0.5) is 10.1 Å². The molecule has 2 aromatic rings. The molecule has 1 N–H and O–H groups in total. The monoisotopic (exact) mass is 504 g/mol. The highest BCUT2D eigenvalue weighted by molar-refractivity contribution is 7.90. The highest BCUT2D eigenvalue weighted by atomic mass is 32.2. The molecule has 1 saturated carbocycles. The van der Waals surface area contributed by atoms with Gasteiger partial charge >= 0.3 is 10.2 Å². The Hall–Kier alpha value is -2.98. The SMILES string of the molecule is C[C@H](C(=O)NC1CCCC1)N(Cc1ccccc1)C(=O)CN(c1ccc(F)cc1)S(=O)(=O)N(C)C. The van der Waals surface area contributed by atoms with Gasteiger partial charge < -0.3 is 10.2 Å². The van der Waals surface area contributed by atoms with Crippen LogP contribution >= 0.6 is 0 Å². The van der Waals surface area contributed by atoms with Gasteiger partial charge in [0, 0.05) is 26.7 Å². The van der Waals surface area contributed by atoms with Gasteiger partial charge in [0.25, 0.3) is 0 Å². The van der Waals surface area contributed by atoms with Crippen LogP contribution in [0.15, 0.2) is 54.6 Å². The Morgan fingerprint density at radius 3 is 2.20 bits per heavy atom. The van der Waals surface area contributed by atoms with Crippen molar-refractivity contribution in [2.75, 3.05) is 24.9 Å². The zero-order chi connectivity index (χ0) is 25.6. The molecule has 10 heteroatoms. The standard InChI is InChI=1S/C25H33FN4O4S/c1-19(25(32)27-22-11-7-8-12-22)29(17-20-9-5-4-6-10-20)24(31)18-30(35(33,34)28(2)3)23-15-13-21(26)14-16-23/h4-6,9-10,13-16,19,22H,7-8,11-12,17-18H2,1-3H3,(H,27,32)/t19-/m1/s1. The second-order valence-electron chi connectivity index (χ2n) is 8.95. The molecule has 2 aromatic carbocycles. The first kappa shape index (κ1) is 26.6. The van der Waals surface area contributed by atoms with E-state index in [4.69, 9.17) is 0 Å². The highest BCUT2D eigenvalue weighted by Crippen LogP contribution is 2.22. The average Bonchev–Trinajstić information content (AvgIpc) is 3.34. The molecular formula is C25H33FN4O4S. The molecule has 190 valence electrons. The number of anilines is 1. The van der Waals surface area contributed by atoms with Crippen molar-refractivity contribution in [3.63, 3.8) is 0 Å². The van der Waals surface area contributed by atoms with Gasteiger partial charge in [-0.2, -0.15) is 12.7 Å². The molecule has 0 unspecified atom stereocenters. The van der Waals surface area contributed by atoms with Gasteiger partial charge in [-0.05, 0) is 49.6 Å². The van der Waals surface area contributed by atoms with Gasteiger partial charge in [0.2, 0.25) is 11.8 Å². The first-order valence-electron chi connectivity index (χ1n) is 11.7. The number of carbonyl (C=O) groups excluding carboxylic acids is 2. The largest absolute Gasteiger partial charge is 0.352 e. The Labute approximate surface area is 206 Å². The molecule has 0 heterocycles. The number of nitrogens with one attached hydrogen (secondary N) is 1. The molecule has 3 rings (SSSR count). The minimum absolute atomic E-state index is 0.0865. The summed E-state index contributed by atoms with van der Waals surface area (Å²) in [6.07, 6.45) is 3.93. The molecule has 2 amide bonds. The predicted molar refractivity (Wildman–Crippen MR) is 133 cm³/mol. The summed E-state index contributed by atoms with van der Waals surface area (Å²) < 4.78 is 41.6. The second-order valence-corrected chi connectivity index (χ2v) is 11.0. The minimum Gasteiger partial charge on any atom is -0.352 e. The van der Waals surface area contributed by atoms with Gasteiger partial charge in [0.05, 0.1) is 5.69 Å². The highest BCUT2D eigenvalue weighted by Gasteiger charge is 2.33. The Bertz CT molecular complexity index is 1100. The quantitative estimate of drug-likeness (QED) is 0.539. The van der Waals surface area contributed by atoms with E-state index in [-0.39, 0.29) is 24.2 Å². The summed E-state index contributed by atoms with van der Waals surface area (Å²) >= 11 is 0. The normalized spacial score (nSPS) is 15.1. The van der Waals surface area contributed by atoms with Crippen LogP contribution in [-0.4, -0.2) is 62.2 Å². The molecule has 1 aliphatic rings. The fourth-order valence-corrected chi connectivity index (χ4v) is 5.13. The Kier molecular flexibility index (Phi) is 8.85. The molecule has 35 heavy (non-hydrogen) atoms. The first-order chi connectivity index (χ1) is 16.6. The molecule has 1 aliphatic carbocycles. The zero-order valence-corrected chi connectivity index (χ0v) is 21.2. The van der Waals surface area contributed by atoms with E-state index in [1.807, 2.05) is 30.3 Å². The fourth-order valence-electron chi connectivity index (χ4n) is 4.08. The van der Waals surface area contributed by atoms with E-state index < -0.39 is 34.5 Å². The van der Waals surface area contributed by atoms with Gasteiger partial charge in [-0.1, -0.05) is 43.2 Å². The first-order valence-corrected chi connectivity index (χ1v) is 13.1. The number of hydrogen-bond acceptors (Lipinski definition) is 4. The van der Waals surface area contributed by atoms with E-state index in [0.29, 0.717) is 0 Å². The molecule has 0 aromatic heterocycles. The van der Waals surface area contributed by atoms with Crippen LogP contribution in [0.2, 0.25) is 0 Å². The molecular weight excluding hydrogens is 471 g/mol. The number of hydrogen-bond donors (Lipinski definition) is 1. The van der Waals surface area contributed by atoms with Crippen LogP contribution in [0.3, 0.4) is 0 Å². The summed E-state index contributed by atoms with van der Waals surface area (Å²) in [5.41, 5.74) is 0.960. The lowest BCUT2D eigenvalue weighted by atomic mass is 10.1. The number of rotatable bonds is 10. The Morgan fingerprint density at radius 1 is 1.03 bits per heavy atom. The van der Waals surface area contributed by atoms with Crippen molar-refractivity contribution >= 4 is 27.7 Å². The van der Waals surface area contributed by atoms with Crippen LogP contribution in [-0.2, 0) is 26.3 Å². The van der Waals surface area contributed by atoms with Gasteiger partial charge in [-0.15, -0.1) is 0 Å². The van der Waals surface area contributed by atoms with Crippen LogP contribution in [0.5, 0.6) is 0 Å². The molecule has 8 nitrogen and oxygen atoms in total. The summed E-state index contributed by atoms with van der Waals surface area (Å²) in [7, 11) is -1.36. The minimum atomic E-state index is -4.07. The van der Waals surface area contributed by atoms with Crippen molar-refractivity contribution in [1.82, 2.24) is 14.5 Å². The van der Waals surface area contributed by atoms with E-state index in [0.717, 1.165) is 52.0 Å². The maximum Gasteiger partial charge on any atom is 0.304 e. The number of benzene rings is 2. The van der Waals surface area contributed by atoms with Crippen molar-refractivity contribution in [3.05, 3.63) is 66.0 Å². The summed E-state index contributed by atoms with van der Waals surface area (Å²) in [6, 6.07) is 13.4. The lowest BCUT2D eigenvalue weighted by Crippen LogP contribution is -2.53. The van der Waals surface area contributed by atoms with Gasteiger partial charge in [-0.25, -0.2) is 8.70 Å². The predicted octanol–water partition coefficient (Wildman–Crippen LogP) is 2.91. The topological polar surface area (TPSA) is 90.0 Å². The number of nitrogens with zero attached hydrogens (tertiary/aromatic N) is 3. The molecule has 1 fully saturated rings. The van der Waals surface area contributed by atoms with Crippen molar-refractivity contribution < 1.29 is 22.4 Å². The van der Waals surface area contributed by atoms with Crippen LogP contribution in [0.1, 0.15) is 38.2 Å². The van der Waals surface area contributed by atoms with Gasteiger partial charge in [0.1, 0.15) is 18.4 Å². The van der Waals surface area contributed by atoms with Gasteiger partial charge in [-0.3, -0.25) is 9.59 Å². The molecule has 0 bridgehead atoms. The van der Waals surface area contributed by atoms with Crippen LogP contribution < -0.4 is 9.62 Å². The Morgan fingerprint density at radius 2 is 1.63 bits per heavy atom. The maximum absolute atomic E-state index is 13.6. The maximum atomic E-state index is 13.6. The van der Waals surface area contributed by atoms with Crippen molar-refractivity contribution in [2.24, 2.45) is 0 Å². The summed E-state index contributed by atoms with van der Waals surface area (Å²) in [6.45, 7) is 1.24. The summed E-state index contributed by atoms with van der Waals surface area (Å²) in [5, 5.41) is 3.02. The van der Waals surface area contributed by atoms with Crippen molar-refractivity contribution in [3.8, 4) is 0 Å². The van der Waals surface area contributed by atoms with Crippen LogP contribution in [0.25, 0.3) is 0 Å². The lowest BCUT2D eigenvalue weighted by Gasteiger charge is -2.33.